The summed E-state index contributed by atoms with van der Waals surface area (Å²) in [5.74, 6) is 0.142. The molecule has 0 aliphatic rings. The molecule has 192 valence electrons. The molecule has 4 N–H and O–H groups in total. The van der Waals surface area contributed by atoms with Crippen LogP contribution in [0, 0.1) is 5.82 Å². The monoisotopic (exact) mass is 573 g/mol. The standard InChI is InChI=1S/C28H34BrClFN5/c1-5-18-14-21(29)8-11-24(18)34-27(35-25-12-10-23(31)16-19(25)6-2)17-33-28(32)36(4)26-13-9-22(30)15-20(26)7-3/h8-16,27,34-35H,5-7,17H2,1-4H3,(H2,32,33). The Bertz CT molecular complexity index is 1160. The molecule has 0 radical (unpaired) electrons. The maximum Gasteiger partial charge on any atom is 0.195 e. The molecule has 0 spiro atoms. The van der Waals surface area contributed by atoms with Gasteiger partial charge >= 0.3 is 0 Å². The predicted octanol–water partition coefficient (Wildman–Crippen LogP) is 7.23. The highest BCUT2D eigenvalue weighted by Gasteiger charge is 2.15. The van der Waals surface area contributed by atoms with E-state index in [1.165, 1.54) is 11.6 Å². The Kier molecular flexibility index (Phi) is 10.0. The summed E-state index contributed by atoms with van der Waals surface area (Å²) in [6.07, 6.45) is 2.12. The first-order chi connectivity index (χ1) is 17.2. The van der Waals surface area contributed by atoms with Crippen LogP contribution in [0.1, 0.15) is 37.5 Å². The lowest BCUT2D eigenvalue weighted by Crippen LogP contribution is -2.38. The van der Waals surface area contributed by atoms with E-state index in [4.69, 9.17) is 22.3 Å². The molecule has 3 rings (SSSR count). The number of nitrogens with two attached hydrogens (primary N) is 1. The lowest BCUT2D eigenvalue weighted by molar-refractivity contribution is 0.625. The molecule has 5 nitrogen and oxygen atoms in total. The molecule has 0 aliphatic heterocycles. The van der Waals surface area contributed by atoms with Crippen molar-refractivity contribution in [3.8, 4) is 0 Å². The van der Waals surface area contributed by atoms with E-state index in [1.54, 1.807) is 12.1 Å². The first kappa shape index (κ1) is 27.8. The fourth-order valence-corrected chi connectivity index (χ4v) is 4.68. The van der Waals surface area contributed by atoms with Crippen LogP contribution >= 0.6 is 27.5 Å². The van der Waals surface area contributed by atoms with Crippen LogP contribution in [0.5, 0.6) is 0 Å². The number of halogens is 3. The quantitative estimate of drug-likeness (QED) is 0.136. The summed E-state index contributed by atoms with van der Waals surface area (Å²) in [4.78, 5) is 6.59. The fraction of sp³-hybridized carbons (Fsp3) is 0.321. The van der Waals surface area contributed by atoms with Crippen molar-refractivity contribution in [3.05, 3.63) is 86.6 Å². The number of aryl methyl sites for hydroxylation is 3. The van der Waals surface area contributed by atoms with E-state index < -0.39 is 0 Å². The van der Waals surface area contributed by atoms with Gasteiger partial charge in [-0.15, -0.1) is 0 Å². The maximum atomic E-state index is 13.8. The Morgan fingerprint density at radius 1 is 0.944 bits per heavy atom. The third-order valence-electron chi connectivity index (χ3n) is 6.12. The van der Waals surface area contributed by atoms with Gasteiger partial charge < -0.3 is 21.3 Å². The molecule has 0 bridgehead atoms. The summed E-state index contributed by atoms with van der Waals surface area (Å²) >= 11 is 9.74. The Labute approximate surface area is 227 Å². The van der Waals surface area contributed by atoms with Crippen molar-refractivity contribution >= 4 is 50.6 Å². The van der Waals surface area contributed by atoms with Crippen molar-refractivity contribution in [2.45, 2.75) is 46.2 Å². The minimum absolute atomic E-state index is 0.248. The van der Waals surface area contributed by atoms with Crippen LogP contribution in [0.15, 0.2) is 64.1 Å². The number of benzene rings is 3. The molecule has 1 unspecified atom stereocenters. The van der Waals surface area contributed by atoms with Gasteiger partial charge in [0.2, 0.25) is 0 Å². The molecule has 36 heavy (non-hydrogen) atoms. The van der Waals surface area contributed by atoms with E-state index in [0.717, 1.165) is 45.5 Å². The Morgan fingerprint density at radius 3 is 2.19 bits per heavy atom. The number of guanidine groups is 1. The number of hydrogen-bond acceptors (Lipinski definition) is 3. The SMILES string of the molecule is CCc1cc(F)ccc1NC(CN=C(N)N(C)c1ccc(Cl)cc1CC)Nc1ccc(Br)cc1CC. The first-order valence-electron chi connectivity index (χ1n) is 12.2. The molecular formula is C28H34BrClFN5. The normalized spacial score (nSPS) is 12.4. The zero-order valence-electron chi connectivity index (χ0n) is 21.2. The molecule has 3 aromatic rings. The highest BCUT2D eigenvalue weighted by atomic mass is 79.9. The van der Waals surface area contributed by atoms with Crippen LogP contribution in [0.2, 0.25) is 5.02 Å². The number of rotatable bonds is 10. The van der Waals surface area contributed by atoms with Crippen molar-refractivity contribution in [1.29, 1.82) is 0 Å². The first-order valence-corrected chi connectivity index (χ1v) is 13.3. The molecule has 0 aliphatic carbocycles. The van der Waals surface area contributed by atoms with Gasteiger partial charge in [0, 0.05) is 33.6 Å². The second-order valence-corrected chi connectivity index (χ2v) is 9.89. The molecule has 3 aromatic carbocycles. The van der Waals surface area contributed by atoms with Gasteiger partial charge in [-0.3, -0.25) is 0 Å². The smallest absolute Gasteiger partial charge is 0.195 e. The van der Waals surface area contributed by atoms with E-state index in [2.05, 4.69) is 46.5 Å². The van der Waals surface area contributed by atoms with Crippen LogP contribution < -0.4 is 21.3 Å². The minimum Gasteiger partial charge on any atom is -0.370 e. The molecule has 1 atom stereocenters. The third kappa shape index (κ3) is 7.14. The minimum atomic E-state index is -0.282. The van der Waals surface area contributed by atoms with Gasteiger partial charge in [-0.05, 0) is 90.6 Å². The lowest BCUT2D eigenvalue weighted by atomic mass is 10.1. The summed E-state index contributed by atoms with van der Waals surface area (Å²) in [5, 5.41) is 7.79. The zero-order valence-corrected chi connectivity index (χ0v) is 23.5. The number of anilines is 3. The predicted molar refractivity (Wildman–Crippen MR) is 156 cm³/mol. The zero-order chi connectivity index (χ0) is 26.2. The summed E-state index contributed by atoms with van der Waals surface area (Å²) < 4.78 is 14.9. The van der Waals surface area contributed by atoms with E-state index >= 15 is 0 Å². The highest BCUT2D eigenvalue weighted by Crippen LogP contribution is 2.26. The van der Waals surface area contributed by atoms with Crippen molar-refractivity contribution in [1.82, 2.24) is 0 Å². The number of nitrogens with one attached hydrogen (secondary N) is 2. The Balaban J connectivity index is 1.89. The van der Waals surface area contributed by atoms with Gasteiger partial charge in [-0.2, -0.15) is 0 Å². The van der Waals surface area contributed by atoms with Crippen molar-refractivity contribution in [3.63, 3.8) is 0 Å². The largest absolute Gasteiger partial charge is 0.370 e. The Morgan fingerprint density at radius 2 is 1.56 bits per heavy atom. The molecule has 0 saturated carbocycles. The topological polar surface area (TPSA) is 65.7 Å². The molecule has 0 fully saturated rings. The van der Waals surface area contributed by atoms with Gasteiger partial charge in [0.15, 0.2) is 5.96 Å². The number of hydrogen-bond donors (Lipinski definition) is 3. The fourth-order valence-electron chi connectivity index (χ4n) is 4.07. The van der Waals surface area contributed by atoms with Crippen LogP contribution in [0.3, 0.4) is 0 Å². The van der Waals surface area contributed by atoms with Crippen LogP contribution in [-0.2, 0) is 19.3 Å². The molecule has 0 saturated heterocycles. The lowest BCUT2D eigenvalue weighted by Gasteiger charge is -2.25. The summed E-state index contributed by atoms with van der Waals surface area (Å²) in [6, 6.07) is 16.7. The maximum absolute atomic E-state index is 13.8. The van der Waals surface area contributed by atoms with Crippen LogP contribution in [0.4, 0.5) is 21.5 Å². The number of aliphatic imine (C=N–C) groups is 1. The average Bonchev–Trinajstić information content (AvgIpc) is 2.88. The molecule has 0 aromatic heterocycles. The molecule has 8 heteroatoms. The van der Waals surface area contributed by atoms with Gasteiger partial charge in [-0.25, -0.2) is 9.38 Å². The molecule has 0 amide bonds. The van der Waals surface area contributed by atoms with E-state index in [0.29, 0.717) is 23.9 Å². The number of nitrogens with zero attached hydrogens (tertiary/aromatic N) is 2. The average molecular weight is 575 g/mol. The highest BCUT2D eigenvalue weighted by molar-refractivity contribution is 9.10. The van der Waals surface area contributed by atoms with E-state index in [9.17, 15) is 4.39 Å². The second kappa shape index (κ2) is 13.0. The summed E-state index contributed by atoms with van der Waals surface area (Å²) in [6.45, 7) is 6.56. The summed E-state index contributed by atoms with van der Waals surface area (Å²) in [5.41, 5.74) is 12.4. The second-order valence-electron chi connectivity index (χ2n) is 8.54. The third-order valence-corrected chi connectivity index (χ3v) is 6.85. The van der Waals surface area contributed by atoms with Crippen molar-refractivity contribution in [2.75, 3.05) is 29.1 Å². The van der Waals surface area contributed by atoms with Crippen LogP contribution in [0.25, 0.3) is 0 Å². The molecule has 0 heterocycles. The van der Waals surface area contributed by atoms with E-state index in [1.807, 2.05) is 49.2 Å². The Hall–Kier alpha value is -2.77. The van der Waals surface area contributed by atoms with Gasteiger partial charge in [0.25, 0.3) is 0 Å². The van der Waals surface area contributed by atoms with Gasteiger partial charge in [0.05, 0.1) is 6.54 Å². The van der Waals surface area contributed by atoms with Crippen LogP contribution in [-0.4, -0.2) is 25.7 Å². The van der Waals surface area contributed by atoms with E-state index in [-0.39, 0.29) is 12.0 Å². The summed E-state index contributed by atoms with van der Waals surface area (Å²) in [7, 11) is 1.90. The molecular weight excluding hydrogens is 541 g/mol. The van der Waals surface area contributed by atoms with Crippen molar-refractivity contribution in [2.24, 2.45) is 10.7 Å². The van der Waals surface area contributed by atoms with Gasteiger partial charge in [0.1, 0.15) is 12.0 Å². The van der Waals surface area contributed by atoms with Gasteiger partial charge in [-0.1, -0.05) is 48.3 Å². The van der Waals surface area contributed by atoms with Crippen molar-refractivity contribution < 1.29 is 4.39 Å².